The number of fused-ring (bicyclic) bond motifs is 1. The summed E-state index contributed by atoms with van der Waals surface area (Å²) in [6, 6.07) is 5.86. The number of aliphatic carboxylic acids is 2. The number of carboxylic acid groups (broad SMARTS) is 2. The highest BCUT2D eigenvalue weighted by Gasteiger charge is 2.38. The lowest BCUT2D eigenvalue weighted by Crippen LogP contribution is -2.29. The number of carboxylic acids is 2. The maximum absolute atomic E-state index is 12.6. The molecular weight excluding hydrogens is 551 g/mol. The highest BCUT2D eigenvalue weighted by Crippen LogP contribution is 2.29. The van der Waals surface area contributed by atoms with Gasteiger partial charge in [0.1, 0.15) is 0 Å². The van der Waals surface area contributed by atoms with Gasteiger partial charge in [-0.25, -0.2) is 14.4 Å². The molecule has 5 N–H and O–H groups in total. The van der Waals surface area contributed by atoms with E-state index >= 15 is 0 Å². The fourth-order valence-electron chi connectivity index (χ4n) is 3.01. The number of hydrogen-bond donors (Lipinski definition) is 5. The van der Waals surface area contributed by atoms with E-state index in [0.717, 1.165) is 25.1 Å². The zero-order valence-corrected chi connectivity index (χ0v) is 21.2. The molecule has 0 saturated heterocycles. The summed E-state index contributed by atoms with van der Waals surface area (Å²) >= 11 is 1.42. The largest absolute Gasteiger partial charge is 0.490 e. The summed E-state index contributed by atoms with van der Waals surface area (Å²) < 4.78 is 42.0. The van der Waals surface area contributed by atoms with Gasteiger partial charge in [-0.05, 0) is 43.2 Å². The fourth-order valence-corrected chi connectivity index (χ4v) is 4.11. The number of carbonyl (C=O) groups excluding carboxylic acids is 3. The van der Waals surface area contributed by atoms with E-state index in [-0.39, 0.29) is 29.5 Å². The SMILES string of the molecule is CCNC(=O)Oc1cc(C(=O)CNC(=O)c2cc3c(s2)CCNC3)ccc1OCC(=O)O.O=C(O)C(F)(F)F. The minimum atomic E-state index is -5.08. The van der Waals surface area contributed by atoms with Crippen LogP contribution in [0.4, 0.5) is 18.0 Å². The van der Waals surface area contributed by atoms with Gasteiger partial charge in [0.05, 0.1) is 11.4 Å². The zero-order valence-electron chi connectivity index (χ0n) is 20.3. The molecule has 2 amide bonds. The van der Waals surface area contributed by atoms with Crippen LogP contribution in [-0.4, -0.2) is 72.4 Å². The van der Waals surface area contributed by atoms with Gasteiger partial charge in [0.25, 0.3) is 5.91 Å². The summed E-state index contributed by atoms with van der Waals surface area (Å²) in [6.45, 7) is 2.72. The molecule has 1 aliphatic heterocycles. The van der Waals surface area contributed by atoms with Crippen LogP contribution in [0, 0.1) is 0 Å². The van der Waals surface area contributed by atoms with Crippen LogP contribution in [0.3, 0.4) is 0 Å². The Balaban J connectivity index is 0.000000673. The molecule has 2 aromatic rings. The van der Waals surface area contributed by atoms with Crippen LogP contribution in [0.1, 0.15) is 37.4 Å². The Kier molecular flexibility index (Phi) is 11.2. The monoisotopic (exact) mass is 575 g/mol. The lowest BCUT2D eigenvalue weighted by molar-refractivity contribution is -0.192. The number of rotatable bonds is 9. The van der Waals surface area contributed by atoms with Gasteiger partial charge in [0, 0.05) is 30.1 Å². The van der Waals surface area contributed by atoms with Gasteiger partial charge in [0.15, 0.2) is 23.9 Å². The van der Waals surface area contributed by atoms with Crippen molar-refractivity contribution in [2.75, 3.05) is 26.2 Å². The van der Waals surface area contributed by atoms with Crippen molar-refractivity contribution < 1.29 is 56.8 Å². The quantitative estimate of drug-likeness (QED) is 0.278. The van der Waals surface area contributed by atoms with Crippen molar-refractivity contribution in [2.24, 2.45) is 0 Å². The molecule has 1 aromatic carbocycles. The number of halogens is 3. The summed E-state index contributed by atoms with van der Waals surface area (Å²) in [5.41, 5.74) is 1.27. The number of ketones is 1. The van der Waals surface area contributed by atoms with Crippen molar-refractivity contribution >= 4 is 41.1 Å². The van der Waals surface area contributed by atoms with E-state index in [0.29, 0.717) is 11.4 Å². The van der Waals surface area contributed by atoms with Crippen molar-refractivity contribution in [1.82, 2.24) is 16.0 Å². The third-order valence-corrected chi connectivity index (χ3v) is 5.99. The number of thiophene rings is 1. The second kappa shape index (κ2) is 14.1. The lowest BCUT2D eigenvalue weighted by atomic mass is 10.1. The van der Waals surface area contributed by atoms with Gasteiger partial charge in [-0.1, -0.05) is 0 Å². The summed E-state index contributed by atoms with van der Waals surface area (Å²) in [5, 5.41) is 24.2. The number of amides is 2. The highest BCUT2D eigenvalue weighted by atomic mass is 32.1. The van der Waals surface area contributed by atoms with E-state index in [2.05, 4.69) is 16.0 Å². The first-order valence-corrected chi connectivity index (χ1v) is 12.0. The van der Waals surface area contributed by atoms with E-state index in [9.17, 15) is 32.3 Å². The molecule has 12 nitrogen and oxygen atoms in total. The normalized spacial score (nSPS) is 12.2. The van der Waals surface area contributed by atoms with Crippen LogP contribution in [0.25, 0.3) is 0 Å². The first kappa shape index (κ1) is 31.0. The molecule has 16 heteroatoms. The maximum atomic E-state index is 12.6. The number of alkyl halides is 3. The summed E-state index contributed by atoms with van der Waals surface area (Å²) in [7, 11) is 0. The number of ether oxygens (including phenoxy) is 2. The molecule has 0 radical (unpaired) electrons. The number of carbonyl (C=O) groups is 5. The van der Waals surface area contributed by atoms with Crippen molar-refractivity contribution in [3.8, 4) is 11.5 Å². The second-order valence-electron chi connectivity index (χ2n) is 7.66. The van der Waals surface area contributed by atoms with E-state index in [1.165, 1.54) is 34.4 Å². The van der Waals surface area contributed by atoms with Crippen LogP contribution in [0.5, 0.6) is 11.5 Å². The highest BCUT2D eigenvalue weighted by molar-refractivity contribution is 7.14. The number of benzene rings is 1. The van der Waals surface area contributed by atoms with E-state index in [1.807, 2.05) is 6.07 Å². The smallest absolute Gasteiger partial charge is 0.479 e. The molecule has 2 heterocycles. The van der Waals surface area contributed by atoms with Crippen LogP contribution in [-0.2, 0) is 22.6 Å². The number of Topliss-reactive ketones (excluding diaryl/α,β-unsaturated/α-hetero) is 1. The predicted octanol–water partition coefficient (Wildman–Crippen LogP) is 2.21. The minimum absolute atomic E-state index is 0.00276. The van der Waals surface area contributed by atoms with Crippen molar-refractivity contribution in [3.63, 3.8) is 0 Å². The number of nitrogens with one attached hydrogen (secondary N) is 3. The molecule has 0 unspecified atom stereocenters. The van der Waals surface area contributed by atoms with Gasteiger partial charge >= 0.3 is 24.2 Å². The van der Waals surface area contributed by atoms with E-state index in [4.69, 9.17) is 24.5 Å². The molecule has 0 atom stereocenters. The first-order chi connectivity index (χ1) is 18.3. The molecule has 0 aliphatic carbocycles. The second-order valence-corrected chi connectivity index (χ2v) is 8.80. The molecule has 39 heavy (non-hydrogen) atoms. The predicted molar refractivity (Wildman–Crippen MR) is 129 cm³/mol. The van der Waals surface area contributed by atoms with Crippen LogP contribution in [0.15, 0.2) is 24.3 Å². The van der Waals surface area contributed by atoms with E-state index < -0.39 is 36.6 Å². The molecule has 0 saturated carbocycles. The average molecular weight is 576 g/mol. The Morgan fingerprint density at radius 3 is 2.36 bits per heavy atom. The zero-order chi connectivity index (χ0) is 29.2. The summed E-state index contributed by atoms with van der Waals surface area (Å²) in [5.74, 6) is -4.81. The van der Waals surface area contributed by atoms with Crippen LogP contribution in [0.2, 0.25) is 0 Å². The minimum Gasteiger partial charge on any atom is -0.479 e. The summed E-state index contributed by atoms with van der Waals surface area (Å²) in [4.78, 5) is 58.2. The van der Waals surface area contributed by atoms with Gasteiger partial charge < -0.3 is 35.6 Å². The number of hydrogen-bond acceptors (Lipinski definition) is 9. The van der Waals surface area contributed by atoms with Crippen LogP contribution < -0.4 is 25.4 Å². The average Bonchev–Trinajstić information content (AvgIpc) is 3.30. The molecule has 1 aromatic heterocycles. The standard InChI is InChI=1S/C21H23N3O7S.C2HF3O2/c1-2-23-21(29)31-16-7-12(3-4-15(16)30-11-19(26)27)14(25)10-24-20(28)18-8-13-9-22-6-5-17(13)32-18;3-2(4,5)1(6)7/h3-4,7-8,22H,2,5-6,9-11H2,1H3,(H,23,29)(H,24,28)(H,26,27);(H,6,7). The Morgan fingerprint density at radius 2 is 1.77 bits per heavy atom. The van der Waals surface area contributed by atoms with Crippen molar-refractivity contribution in [1.29, 1.82) is 0 Å². The van der Waals surface area contributed by atoms with Crippen molar-refractivity contribution in [2.45, 2.75) is 26.1 Å². The Hall–Kier alpha value is -4.18. The molecule has 0 spiro atoms. The fraction of sp³-hybridized carbons (Fsp3) is 0.348. The van der Waals surface area contributed by atoms with E-state index in [1.54, 1.807) is 6.92 Å². The first-order valence-electron chi connectivity index (χ1n) is 11.2. The lowest BCUT2D eigenvalue weighted by Gasteiger charge is -2.12. The molecular formula is C23H24F3N3O9S. The molecule has 3 rings (SSSR count). The Bertz CT molecular complexity index is 1210. The van der Waals surface area contributed by atoms with Gasteiger partial charge in [0.2, 0.25) is 0 Å². The third kappa shape index (κ3) is 9.90. The third-order valence-electron chi connectivity index (χ3n) is 4.76. The molecule has 1 aliphatic rings. The molecule has 0 bridgehead atoms. The van der Waals surface area contributed by atoms with Crippen molar-refractivity contribution in [3.05, 3.63) is 45.1 Å². The summed E-state index contributed by atoms with van der Waals surface area (Å²) in [6.07, 6.45) is -4.99. The van der Waals surface area contributed by atoms with Gasteiger partial charge in [-0.3, -0.25) is 9.59 Å². The molecule has 212 valence electrons. The maximum Gasteiger partial charge on any atom is 0.490 e. The molecule has 0 fully saturated rings. The Labute approximate surface area is 223 Å². The topological polar surface area (TPSA) is 180 Å². The van der Waals surface area contributed by atoms with Gasteiger partial charge in [-0.15, -0.1) is 11.3 Å². The Morgan fingerprint density at radius 1 is 1.08 bits per heavy atom. The van der Waals surface area contributed by atoms with Gasteiger partial charge in [-0.2, -0.15) is 13.2 Å². The van der Waals surface area contributed by atoms with Crippen LogP contribution >= 0.6 is 11.3 Å².